The van der Waals surface area contributed by atoms with E-state index in [1.807, 2.05) is 0 Å². The molecule has 0 radical (unpaired) electrons. The van der Waals surface area contributed by atoms with E-state index in [-0.39, 0.29) is 6.61 Å². The van der Waals surface area contributed by atoms with Crippen LogP contribution in [0.25, 0.3) is 0 Å². The van der Waals surface area contributed by atoms with E-state index in [0.717, 1.165) is 5.56 Å². The molecule has 1 atom stereocenters. The molecule has 1 aromatic rings. The second-order valence-electron chi connectivity index (χ2n) is 3.61. The number of rotatable bonds is 8. The van der Waals surface area contributed by atoms with Crippen LogP contribution < -0.4 is 4.74 Å². The lowest BCUT2D eigenvalue weighted by Crippen LogP contribution is -2.26. The van der Waals surface area contributed by atoms with Crippen molar-refractivity contribution in [2.24, 2.45) is 0 Å². The third kappa shape index (κ3) is 4.55. The SMILES string of the molecule is CCOC(Cc1ccc(OCC=O)cc1)C(=O)O. The van der Waals surface area contributed by atoms with Gasteiger partial charge in [-0.3, -0.25) is 4.79 Å². The highest BCUT2D eigenvalue weighted by atomic mass is 16.5. The van der Waals surface area contributed by atoms with Crippen molar-refractivity contribution < 1.29 is 24.2 Å². The van der Waals surface area contributed by atoms with Gasteiger partial charge in [0.05, 0.1) is 0 Å². The van der Waals surface area contributed by atoms with Gasteiger partial charge >= 0.3 is 5.97 Å². The molecule has 18 heavy (non-hydrogen) atoms. The number of hydrogen-bond acceptors (Lipinski definition) is 4. The van der Waals surface area contributed by atoms with Crippen LogP contribution in [0.15, 0.2) is 24.3 Å². The van der Waals surface area contributed by atoms with Crippen LogP contribution in [0, 0.1) is 0 Å². The zero-order valence-corrected chi connectivity index (χ0v) is 10.2. The largest absolute Gasteiger partial charge is 0.486 e. The molecule has 0 fully saturated rings. The Hall–Kier alpha value is -1.88. The van der Waals surface area contributed by atoms with Crippen LogP contribution in [0.4, 0.5) is 0 Å². The van der Waals surface area contributed by atoms with Crippen molar-refractivity contribution in [2.45, 2.75) is 19.4 Å². The lowest BCUT2D eigenvalue weighted by molar-refractivity contribution is -0.149. The zero-order chi connectivity index (χ0) is 13.4. The summed E-state index contributed by atoms with van der Waals surface area (Å²) in [6.07, 6.45) is 0.136. The van der Waals surface area contributed by atoms with Crippen LogP contribution in [0.2, 0.25) is 0 Å². The van der Waals surface area contributed by atoms with Gasteiger partial charge in [-0.1, -0.05) is 12.1 Å². The second kappa shape index (κ2) is 7.45. The summed E-state index contributed by atoms with van der Waals surface area (Å²) in [6.45, 7) is 2.12. The molecule has 0 saturated carbocycles. The second-order valence-corrected chi connectivity index (χ2v) is 3.61. The molecule has 0 heterocycles. The van der Waals surface area contributed by atoms with E-state index in [4.69, 9.17) is 14.6 Å². The minimum Gasteiger partial charge on any atom is -0.486 e. The van der Waals surface area contributed by atoms with Gasteiger partial charge in [-0.25, -0.2) is 4.79 Å². The minimum absolute atomic E-state index is 0.00996. The van der Waals surface area contributed by atoms with Crippen molar-refractivity contribution >= 4 is 12.3 Å². The van der Waals surface area contributed by atoms with Crippen LogP contribution in [0.5, 0.6) is 5.75 Å². The molecule has 0 amide bonds. The maximum Gasteiger partial charge on any atom is 0.333 e. The summed E-state index contributed by atoms with van der Waals surface area (Å²) in [5, 5.41) is 8.95. The predicted molar refractivity (Wildman–Crippen MR) is 64.8 cm³/mol. The van der Waals surface area contributed by atoms with Crippen molar-refractivity contribution in [3.63, 3.8) is 0 Å². The highest BCUT2D eigenvalue weighted by Crippen LogP contribution is 2.14. The number of carbonyl (C=O) groups excluding carboxylic acids is 1. The van der Waals surface area contributed by atoms with Gasteiger partial charge in [-0.2, -0.15) is 0 Å². The quantitative estimate of drug-likeness (QED) is 0.706. The van der Waals surface area contributed by atoms with E-state index in [2.05, 4.69) is 0 Å². The summed E-state index contributed by atoms with van der Waals surface area (Å²) >= 11 is 0. The van der Waals surface area contributed by atoms with E-state index in [1.54, 1.807) is 31.2 Å². The summed E-state index contributed by atoms with van der Waals surface area (Å²) in [6, 6.07) is 6.91. The zero-order valence-electron chi connectivity index (χ0n) is 10.2. The molecule has 5 heteroatoms. The Kier molecular flexibility index (Phi) is 5.87. The third-order valence-electron chi connectivity index (χ3n) is 2.31. The van der Waals surface area contributed by atoms with Crippen molar-refractivity contribution in [1.29, 1.82) is 0 Å². The number of benzene rings is 1. The highest BCUT2D eigenvalue weighted by Gasteiger charge is 2.17. The molecular weight excluding hydrogens is 236 g/mol. The van der Waals surface area contributed by atoms with Gasteiger partial charge in [0.15, 0.2) is 12.4 Å². The molecule has 1 rings (SSSR count). The fourth-order valence-corrected chi connectivity index (χ4v) is 1.48. The van der Waals surface area contributed by atoms with Gasteiger partial charge in [0.2, 0.25) is 0 Å². The molecule has 0 aliphatic heterocycles. The molecule has 0 aliphatic carbocycles. The Bertz CT molecular complexity index is 385. The summed E-state index contributed by atoms with van der Waals surface area (Å²) in [7, 11) is 0. The molecule has 0 saturated heterocycles. The predicted octanol–water partition coefficient (Wildman–Crippen LogP) is 1.30. The van der Waals surface area contributed by atoms with Gasteiger partial charge < -0.3 is 14.6 Å². The lowest BCUT2D eigenvalue weighted by atomic mass is 10.1. The maximum absolute atomic E-state index is 10.9. The van der Waals surface area contributed by atoms with Gasteiger partial charge in [-0.05, 0) is 24.6 Å². The number of carboxylic acids is 1. The Balaban J connectivity index is 2.61. The molecule has 0 aliphatic rings. The van der Waals surface area contributed by atoms with Crippen molar-refractivity contribution in [3.8, 4) is 5.75 Å². The first-order chi connectivity index (χ1) is 8.67. The first kappa shape index (κ1) is 14.2. The molecule has 1 unspecified atom stereocenters. The molecule has 0 spiro atoms. The van der Waals surface area contributed by atoms with E-state index in [0.29, 0.717) is 25.1 Å². The standard InChI is InChI=1S/C13H16O5/c1-2-17-12(13(15)16)9-10-3-5-11(6-4-10)18-8-7-14/h3-7,12H,2,8-9H2,1H3,(H,15,16). The van der Waals surface area contributed by atoms with Crippen LogP contribution in [-0.2, 0) is 20.7 Å². The number of aliphatic carboxylic acids is 1. The van der Waals surface area contributed by atoms with E-state index in [1.165, 1.54) is 0 Å². The Morgan fingerprint density at radius 1 is 1.39 bits per heavy atom. The third-order valence-corrected chi connectivity index (χ3v) is 2.31. The molecular formula is C13H16O5. The average molecular weight is 252 g/mol. The molecule has 1 aromatic carbocycles. The number of aldehydes is 1. The Labute approximate surface area is 105 Å². The van der Waals surface area contributed by atoms with E-state index in [9.17, 15) is 9.59 Å². The molecule has 0 aromatic heterocycles. The first-order valence-corrected chi connectivity index (χ1v) is 5.67. The molecule has 5 nitrogen and oxygen atoms in total. The summed E-state index contributed by atoms with van der Waals surface area (Å²) in [4.78, 5) is 21.0. The fraction of sp³-hybridized carbons (Fsp3) is 0.385. The Morgan fingerprint density at radius 2 is 2.06 bits per heavy atom. The fourth-order valence-electron chi connectivity index (χ4n) is 1.48. The van der Waals surface area contributed by atoms with Gasteiger partial charge in [0.1, 0.15) is 12.4 Å². The van der Waals surface area contributed by atoms with E-state index >= 15 is 0 Å². The molecule has 1 N–H and O–H groups in total. The topological polar surface area (TPSA) is 72.8 Å². The maximum atomic E-state index is 10.9. The number of hydrogen-bond donors (Lipinski definition) is 1. The monoisotopic (exact) mass is 252 g/mol. The normalized spacial score (nSPS) is 11.8. The smallest absolute Gasteiger partial charge is 0.333 e. The number of carboxylic acid groups (broad SMARTS) is 1. The van der Waals surface area contributed by atoms with Gasteiger partial charge in [0.25, 0.3) is 0 Å². The van der Waals surface area contributed by atoms with Crippen molar-refractivity contribution in [1.82, 2.24) is 0 Å². The summed E-state index contributed by atoms with van der Waals surface area (Å²) < 4.78 is 10.2. The van der Waals surface area contributed by atoms with Crippen LogP contribution in [0.3, 0.4) is 0 Å². The van der Waals surface area contributed by atoms with Crippen LogP contribution >= 0.6 is 0 Å². The summed E-state index contributed by atoms with van der Waals surface area (Å²) in [5.41, 5.74) is 0.842. The van der Waals surface area contributed by atoms with E-state index < -0.39 is 12.1 Å². The van der Waals surface area contributed by atoms with Crippen LogP contribution in [0.1, 0.15) is 12.5 Å². The van der Waals surface area contributed by atoms with Gasteiger partial charge in [-0.15, -0.1) is 0 Å². The Morgan fingerprint density at radius 3 is 2.56 bits per heavy atom. The number of carbonyl (C=O) groups is 2. The van der Waals surface area contributed by atoms with Crippen molar-refractivity contribution in [3.05, 3.63) is 29.8 Å². The first-order valence-electron chi connectivity index (χ1n) is 5.67. The average Bonchev–Trinajstić information content (AvgIpc) is 2.37. The summed E-state index contributed by atoms with van der Waals surface area (Å²) in [5.74, 6) is -0.396. The van der Waals surface area contributed by atoms with Crippen LogP contribution in [-0.4, -0.2) is 36.7 Å². The molecule has 0 bridgehead atoms. The lowest BCUT2D eigenvalue weighted by Gasteiger charge is -2.12. The molecule has 98 valence electrons. The van der Waals surface area contributed by atoms with Gasteiger partial charge in [0, 0.05) is 13.0 Å². The minimum atomic E-state index is -0.974. The van der Waals surface area contributed by atoms with Crippen molar-refractivity contribution in [2.75, 3.05) is 13.2 Å². The highest BCUT2D eigenvalue weighted by molar-refractivity contribution is 5.72. The number of ether oxygens (including phenoxy) is 2.